The van der Waals surface area contributed by atoms with Crippen LogP contribution >= 0.6 is 15.9 Å². The summed E-state index contributed by atoms with van der Waals surface area (Å²) in [6.45, 7) is 0. The number of rotatable bonds is 1. The third kappa shape index (κ3) is 2.12. The lowest BCUT2D eigenvalue weighted by molar-refractivity contribution is 0.704. The summed E-state index contributed by atoms with van der Waals surface area (Å²) in [7, 11) is 2.85. The van der Waals surface area contributed by atoms with E-state index in [0.29, 0.717) is 5.56 Å². The number of hydrogen-bond donors (Lipinski definition) is 1. The van der Waals surface area contributed by atoms with Crippen molar-refractivity contribution in [2.75, 3.05) is 0 Å². The SMILES string of the molecule is Cn1c(=O)c2[nH]c(=O)c(-c3ccc(Br)cc3)nc2n(C)c1=O. The van der Waals surface area contributed by atoms with Crippen molar-refractivity contribution in [3.8, 4) is 11.3 Å². The molecule has 2 aromatic heterocycles. The minimum atomic E-state index is -0.579. The van der Waals surface area contributed by atoms with E-state index in [-0.39, 0.29) is 16.9 Å². The Hall–Kier alpha value is -2.48. The van der Waals surface area contributed by atoms with E-state index in [2.05, 4.69) is 25.9 Å². The first kappa shape index (κ1) is 14.5. The van der Waals surface area contributed by atoms with Crippen LogP contribution in [-0.2, 0) is 14.1 Å². The number of aromatic nitrogens is 4. The van der Waals surface area contributed by atoms with Gasteiger partial charge >= 0.3 is 5.69 Å². The summed E-state index contributed by atoms with van der Waals surface area (Å²) in [5, 5.41) is 0. The summed E-state index contributed by atoms with van der Waals surface area (Å²) < 4.78 is 3.03. The second-order valence-corrected chi connectivity index (χ2v) is 5.74. The second kappa shape index (κ2) is 5.06. The molecule has 3 aromatic rings. The summed E-state index contributed by atoms with van der Waals surface area (Å²) in [5.74, 6) is 0. The third-order valence-corrected chi connectivity index (χ3v) is 3.95. The zero-order valence-corrected chi connectivity index (χ0v) is 13.3. The molecule has 0 saturated carbocycles. The molecular weight excluding hydrogens is 352 g/mol. The van der Waals surface area contributed by atoms with Crippen LogP contribution in [0.5, 0.6) is 0 Å². The van der Waals surface area contributed by atoms with Crippen molar-refractivity contribution in [2.24, 2.45) is 14.1 Å². The van der Waals surface area contributed by atoms with E-state index < -0.39 is 16.8 Å². The molecule has 1 N–H and O–H groups in total. The highest BCUT2D eigenvalue weighted by Crippen LogP contribution is 2.17. The number of aromatic amines is 1. The van der Waals surface area contributed by atoms with Crippen molar-refractivity contribution >= 4 is 27.1 Å². The average molecular weight is 363 g/mol. The van der Waals surface area contributed by atoms with Crippen LogP contribution in [0.2, 0.25) is 0 Å². The van der Waals surface area contributed by atoms with E-state index in [9.17, 15) is 14.4 Å². The zero-order valence-electron chi connectivity index (χ0n) is 11.8. The van der Waals surface area contributed by atoms with Crippen LogP contribution in [0.15, 0.2) is 43.1 Å². The lowest BCUT2D eigenvalue weighted by Crippen LogP contribution is -2.38. The number of aryl methyl sites for hydroxylation is 1. The Morgan fingerprint density at radius 2 is 1.68 bits per heavy atom. The quantitative estimate of drug-likeness (QED) is 0.691. The second-order valence-electron chi connectivity index (χ2n) is 4.83. The van der Waals surface area contributed by atoms with Gasteiger partial charge in [0.2, 0.25) is 0 Å². The predicted octanol–water partition coefficient (Wildman–Crippen LogP) is 0.750. The molecule has 0 aliphatic rings. The van der Waals surface area contributed by atoms with Crippen molar-refractivity contribution in [1.29, 1.82) is 0 Å². The molecule has 0 amide bonds. The Morgan fingerprint density at radius 1 is 1.05 bits per heavy atom. The fourth-order valence-corrected chi connectivity index (χ4v) is 2.47. The molecule has 0 bridgehead atoms. The van der Waals surface area contributed by atoms with Crippen LogP contribution in [0.4, 0.5) is 0 Å². The van der Waals surface area contributed by atoms with Crippen LogP contribution in [0.3, 0.4) is 0 Å². The molecule has 2 heterocycles. The van der Waals surface area contributed by atoms with Gasteiger partial charge in [-0.3, -0.25) is 18.7 Å². The first-order valence-electron chi connectivity index (χ1n) is 6.36. The summed E-state index contributed by atoms with van der Waals surface area (Å²) in [4.78, 5) is 43.0. The molecule has 3 rings (SSSR count). The van der Waals surface area contributed by atoms with E-state index in [1.807, 2.05) is 0 Å². The van der Waals surface area contributed by atoms with Crippen molar-refractivity contribution in [1.82, 2.24) is 19.1 Å². The number of H-pyrrole nitrogens is 1. The number of benzene rings is 1. The molecule has 0 fully saturated rings. The van der Waals surface area contributed by atoms with Crippen LogP contribution in [-0.4, -0.2) is 19.1 Å². The highest BCUT2D eigenvalue weighted by molar-refractivity contribution is 9.10. The van der Waals surface area contributed by atoms with Gasteiger partial charge in [0, 0.05) is 24.1 Å². The molecule has 112 valence electrons. The normalized spacial score (nSPS) is 11.0. The van der Waals surface area contributed by atoms with Crippen molar-refractivity contribution in [3.05, 3.63) is 59.9 Å². The standard InChI is InChI=1S/C14H11BrN4O3/c1-18-11-10(13(21)19(2)14(18)22)17-12(20)9(16-11)7-3-5-8(15)6-4-7/h3-6H,1-2H3,(H,17,20). The molecule has 0 unspecified atom stereocenters. The third-order valence-electron chi connectivity index (χ3n) is 3.42. The number of nitrogens with one attached hydrogen (secondary N) is 1. The molecule has 0 aliphatic carbocycles. The maximum Gasteiger partial charge on any atom is 0.332 e. The molecule has 0 aliphatic heterocycles. The Bertz CT molecular complexity index is 1060. The fourth-order valence-electron chi connectivity index (χ4n) is 2.21. The number of fused-ring (bicyclic) bond motifs is 1. The van der Waals surface area contributed by atoms with Gasteiger partial charge in [-0.1, -0.05) is 28.1 Å². The van der Waals surface area contributed by atoms with Crippen LogP contribution in [0, 0.1) is 0 Å². The predicted molar refractivity (Wildman–Crippen MR) is 86.0 cm³/mol. The minimum Gasteiger partial charge on any atom is -0.313 e. The smallest absolute Gasteiger partial charge is 0.313 e. The fraction of sp³-hybridized carbons (Fsp3) is 0.143. The number of hydrogen-bond acceptors (Lipinski definition) is 4. The zero-order chi connectivity index (χ0) is 16.0. The number of halogens is 1. The Balaban J connectivity index is 2.43. The van der Waals surface area contributed by atoms with E-state index in [1.165, 1.54) is 18.7 Å². The van der Waals surface area contributed by atoms with E-state index in [1.54, 1.807) is 24.3 Å². The molecular formula is C14H11BrN4O3. The molecule has 7 nitrogen and oxygen atoms in total. The Morgan fingerprint density at radius 3 is 2.32 bits per heavy atom. The molecule has 8 heteroatoms. The number of nitrogens with zero attached hydrogens (tertiary/aromatic N) is 3. The van der Waals surface area contributed by atoms with Gasteiger partial charge in [0.1, 0.15) is 5.69 Å². The van der Waals surface area contributed by atoms with E-state index >= 15 is 0 Å². The van der Waals surface area contributed by atoms with Gasteiger partial charge in [-0.2, -0.15) is 0 Å². The molecule has 0 radical (unpaired) electrons. The molecule has 22 heavy (non-hydrogen) atoms. The summed E-state index contributed by atoms with van der Waals surface area (Å²) in [6.07, 6.45) is 0. The van der Waals surface area contributed by atoms with Crippen LogP contribution in [0.1, 0.15) is 0 Å². The largest absolute Gasteiger partial charge is 0.332 e. The van der Waals surface area contributed by atoms with Gasteiger partial charge in [-0.15, -0.1) is 0 Å². The summed E-state index contributed by atoms with van der Waals surface area (Å²) in [5.41, 5.74) is -0.654. The lowest BCUT2D eigenvalue weighted by atomic mass is 10.1. The highest BCUT2D eigenvalue weighted by Gasteiger charge is 2.14. The topological polar surface area (TPSA) is 89.8 Å². The monoisotopic (exact) mass is 362 g/mol. The first-order valence-corrected chi connectivity index (χ1v) is 7.15. The molecule has 0 saturated heterocycles. The van der Waals surface area contributed by atoms with E-state index in [4.69, 9.17) is 0 Å². The van der Waals surface area contributed by atoms with Gasteiger partial charge in [-0.05, 0) is 12.1 Å². The van der Waals surface area contributed by atoms with Gasteiger partial charge < -0.3 is 4.98 Å². The molecule has 1 aromatic carbocycles. The maximum absolute atomic E-state index is 12.2. The van der Waals surface area contributed by atoms with Gasteiger partial charge in [0.25, 0.3) is 11.1 Å². The maximum atomic E-state index is 12.2. The van der Waals surface area contributed by atoms with Gasteiger partial charge in [0.15, 0.2) is 11.2 Å². The summed E-state index contributed by atoms with van der Waals surface area (Å²) in [6, 6.07) is 7.02. The Labute approximate surface area is 132 Å². The van der Waals surface area contributed by atoms with Gasteiger partial charge in [-0.25, -0.2) is 9.78 Å². The van der Waals surface area contributed by atoms with Crippen molar-refractivity contribution in [3.63, 3.8) is 0 Å². The van der Waals surface area contributed by atoms with E-state index in [0.717, 1.165) is 9.04 Å². The van der Waals surface area contributed by atoms with Gasteiger partial charge in [0.05, 0.1) is 0 Å². The van der Waals surface area contributed by atoms with Crippen LogP contribution in [0.25, 0.3) is 22.4 Å². The average Bonchev–Trinajstić information content (AvgIpc) is 2.51. The molecule has 0 spiro atoms. The van der Waals surface area contributed by atoms with Crippen LogP contribution < -0.4 is 16.8 Å². The lowest BCUT2D eigenvalue weighted by Gasteiger charge is -2.08. The molecule has 0 atom stereocenters. The first-order chi connectivity index (χ1) is 10.4. The van der Waals surface area contributed by atoms with Crippen molar-refractivity contribution in [2.45, 2.75) is 0 Å². The minimum absolute atomic E-state index is 0.00969. The Kier molecular flexibility index (Phi) is 3.32. The van der Waals surface area contributed by atoms with Crippen molar-refractivity contribution < 1.29 is 0 Å². The highest BCUT2D eigenvalue weighted by atomic mass is 79.9. The summed E-state index contributed by atoms with van der Waals surface area (Å²) >= 11 is 3.32.